The number of nitrogens with zero attached hydrogens (tertiary/aromatic N) is 4. The fourth-order valence-corrected chi connectivity index (χ4v) is 6.77. The molecule has 2 aliphatic heterocycles. The highest BCUT2D eigenvalue weighted by Crippen LogP contribution is 2.64. The van der Waals surface area contributed by atoms with Gasteiger partial charge in [0.1, 0.15) is 5.75 Å². The molecule has 1 aromatic heterocycles. The van der Waals surface area contributed by atoms with E-state index in [0.717, 1.165) is 48.6 Å². The number of ether oxygens (including phenoxy) is 1. The highest BCUT2D eigenvalue weighted by Gasteiger charge is 2.51. The molecule has 0 N–H and O–H groups in total. The van der Waals surface area contributed by atoms with Gasteiger partial charge < -0.3 is 4.74 Å². The van der Waals surface area contributed by atoms with E-state index in [1.165, 1.54) is 6.07 Å². The number of hydrogen-bond donors (Lipinski definition) is 0. The normalized spacial score (nSPS) is 19.6. The Morgan fingerprint density at radius 3 is 2.35 bits per heavy atom. The van der Waals surface area contributed by atoms with Crippen molar-refractivity contribution < 1.29 is 18.7 Å². The molecule has 0 saturated carbocycles. The van der Waals surface area contributed by atoms with E-state index in [9.17, 15) is 14.7 Å². The molecule has 0 amide bonds. The number of rotatable bonds is 8. The zero-order chi connectivity index (χ0) is 23.3. The van der Waals surface area contributed by atoms with Crippen LogP contribution in [0.1, 0.15) is 23.7 Å². The summed E-state index contributed by atoms with van der Waals surface area (Å²) in [6, 6.07) is 16.2. The van der Waals surface area contributed by atoms with Gasteiger partial charge in [-0.15, -0.1) is 0 Å². The molecule has 1 atom stereocenters. The first-order valence-corrected chi connectivity index (χ1v) is 12.8. The summed E-state index contributed by atoms with van der Waals surface area (Å²) in [6.07, 6.45) is 2.52. The monoisotopic (exact) mass is 478 g/mol. The van der Waals surface area contributed by atoms with Crippen molar-refractivity contribution in [2.45, 2.75) is 18.9 Å². The van der Waals surface area contributed by atoms with Crippen LogP contribution in [0.3, 0.4) is 0 Å². The quantitative estimate of drug-likeness (QED) is 0.189. The number of pyridine rings is 1. The first-order valence-electron chi connectivity index (χ1n) is 11.3. The number of aromatic nitrogens is 1. The molecule has 174 valence electrons. The van der Waals surface area contributed by atoms with Crippen LogP contribution in [-0.4, -0.2) is 45.4 Å². The van der Waals surface area contributed by atoms with Gasteiger partial charge in [0.25, 0.3) is 0 Å². The Balaban J connectivity index is 1.30. The minimum atomic E-state index is -3.01. The highest BCUT2D eigenvalue weighted by molar-refractivity contribution is 7.54. The Morgan fingerprint density at radius 1 is 1.00 bits per heavy atom. The van der Waals surface area contributed by atoms with Crippen molar-refractivity contribution in [1.29, 1.82) is 0 Å². The molecule has 6 rings (SSSR count). The lowest BCUT2D eigenvalue weighted by Crippen LogP contribution is -2.11. The van der Waals surface area contributed by atoms with Gasteiger partial charge in [0, 0.05) is 49.6 Å². The van der Waals surface area contributed by atoms with Gasteiger partial charge in [0.05, 0.1) is 16.7 Å². The maximum Gasteiger partial charge on any atom is 0.346 e. The average Bonchev–Trinajstić information content (AvgIpc) is 3.77. The molecule has 3 heterocycles. The molecule has 1 aliphatic carbocycles. The summed E-state index contributed by atoms with van der Waals surface area (Å²) >= 11 is 0. The van der Waals surface area contributed by atoms with Gasteiger partial charge in [-0.2, -0.15) is 0 Å². The van der Waals surface area contributed by atoms with Gasteiger partial charge in [0.2, 0.25) is 5.75 Å². The third-order valence-corrected chi connectivity index (χ3v) is 9.10. The summed E-state index contributed by atoms with van der Waals surface area (Å²) in [7, 11) is -3.01. The molecule has 0 spiro atoms. The van der Waals surface area contributed by atoms with Crippen molar-refractivity contribution in [3.05, 3.63) is 82.0 Å². The van der Waals surface area contributed by atoms with Crippen LogP contribution in [-0.2, 0) is 15.5 Å². The zero-order valence-corrected chi connectivity index (χ0v) is 19.3. The van der Waals surface area contributed by atoms with Crippen LogP contribution >= 0.6 is 7.67 Å². The van der Waals surface area contributed by atoms with Gasteiger partial charge in [-0.25, -0.2) is 9.34 Å². The lowest BCUT2D eigenvalue weighted by Gasteiger charge is -2.24. The van der Waals surface area contributed by atoms with Gasteiger partial charge in [-0.1, -0.05) is 6.07 Å². The standard InChI is InChI=1S/C24H23N4O5P/c29-28(30)22-10-8-19-20(9-11-23(19)33-34(31,26-13-14-26)27-15-16-27)24(22)32-18-6-4-17(5-7-18)21-3-1-2-12-25-21/h1-8,10,12,23H,9,11,13-16H2/t23-/m0/s1. The van der Waals surface area contributed by atoms with Gasteiger partial charge in [0.15, 0.2) is 0 Å². The van der Waals surface area contributed by atoms with Gasteiger partial charge >= 0.3 is 13.4 Å². The molecule has 2 aromatic carbocycles. The molecule has 2 saturated heterocycles. The van der Waals surface area contributed by atoms with Crippen LogP contribution in [0.5, 0.6) is 11.5 Å². The first-order chi connectivity index (χ1) is 16.5. The van der Waals surface area contributed by atoms with Gasteiger partial charge in [-0.05, 0) is 60.9 Å². The largest absolute Gasteiger partial charge is 0.450 e. The Labute approximate surface area is 196 Å². The third kappa shape index (κ3) is 3.91. The maximum absolute atomic E-state index is 13.5. The average molecular weight is 478 g/mol. The SMILES string of the molecule is O=[N+]([O-])c1ccc2c(c1Oc1ccc(-c3ccccn3)cc1)CC[C@@H]2OP(=O)(N1CC1)N1CC1. The predicted molar refractivity (Wildman–Crippen MR) is 126 cm³/mol. The minimum Gasteiger partial charge on any atom is -0.450 e. The molecule has 0 radical (unpaired) electrons. The molecular formula is C24H23N4O5P. The van der Waals surface area contributed by atoms with Crippen LogP contribution in [0.15, 0.2) is 60.8 Å². The number of fused-ring (bicyclic) bond motifs is 1. The second-order valence-electron chi connectivity index (χ2n) is 8.61. The molecule has 3 aliphatic rings. The molecular weight excluding hydrogens is 455 g/mol. The third-order valence-electron chi connectivity index (χ3n) is 6.34. The minimum absolute atomic E-state index is 0.0896. The number of nitro benzene ring substituents is 1. The van der Waals surface area contributed by atoms with Crippen LogP contribution in [0.2, 0.25) is 0 Å². The summed E-state index contributed by atoms with van der Waals surface area (Å²) < 4.78 is 29.6. The van der Waals surface area contributed by atoms with Crippen molar-refractivity contribution in [2.75, 3.05) is 26.2 Å². The molecule has 9 nitrogen and oxygen atoms in total. The lowest BCUT2D eigenvalue weighted by atomic mass is 10.1. The van der Waals surface area contributed by atoms with E-state index < -0.39 is 12.6 Å². The molecule has 2 fully saturated rings. The van der Waals surface area contributed by atoms with Crippen LogP contribution in [0.4, 0.5) is 5.69 Å². The number of nitro groups is 1. The number of hydrogen-bond acceptors (Lipinski definition) is 6. The summed E-state index contributed by atoms with van der Waals surface area (Å²) in [5.74, 6) is 0.729. The highest BCUT2D eigenvalue weighted by atomic mass is 31.2. The van der Waals surface area contributed by atoms with E-state index in [4.69, 9.17) is 9.26 Å². The van der Waals surface area contributed by atoms with Crippen LogP contribution < -0.4 is 4.74 Å². The fraction of sp³-hybridized carbons (Fsp3) is 0.292. The molecule has 3 aromatic rings. The van der Waals surface area contributed by atoms with Crippen LogP contribution in [0.25, 0.3) is 11.3 Å². The smallest absolute Gasteiger partial charge is 0.346 e. The van der Waals surface area contributed by atoms with Crippen LogP contribution in [0, 0.1) is 10.1 Å². The van der Waals surface area contributed by atoms with E-state index in [1.807, 2.05) is 39.7 Å². The Bertz CT molecular complexity index is 1280. The summed E-state index contributed by atoms with van der Waals surface area (Å²) in [4.78, 5) is 15.7. The molecule has 34 heavy (non-hydrogen) atoms. The van der Waals surface area contributed by atoms with Crippen molar-refractivity contribution in [3.8, 4) is 22.8 Å². The van der Waals surface area contributed by atoms with E-state index >= 15 is 0 Å². The lowest BCUT2D eigenvalue weighted by molar-refractivity contribution is -0.385. The van der Waals surface area contributed by atoms with E-state index in [0.29, 0.717) is 18.6 Å². The van der Waals surface area contributed by atoms with Crippen molar-refractivity contribution in [2.24, 2.45) is 0 Å². The maximum atomic E-state index is 13.5. The number of benzene rings is 2. The topological polar surface area (TPSA) is 97.6 Å². The molecule has 10 heteroatoms. The van der Waals surface area contributed by atoms with Crippen molar-refractivity contribution >= 4 is 13.4 Å². The van der Waals surface area contributed by atoms with Gasteiger partial charge in [-0.3, -0.25) is 24.2 Å². The Kier molecular flexibility index (Phi) is 5.22. The second kappa shape index (κ2) is 8.29. The summed E-state index contributed by atoms with van der Waals surface area (Å²) in [5.41, 5.74) is 3.23. The Hall–Kier alpha value is -3.10. The fourth-order valence-electron chi connectivity index (χ4n) is 4.41. The zero-order valence-electron chi connectivity index (χ0n) is 18.4. The van der Waals surface area contributed by atoms with E-state index in [2.05, 4.69) is 4.98 Å². The first kappa shape index (κ1) is 21.4. The Morgan fingerprint density at radius 2 is 1.74 bits per heavy atom. The summed E-state index contributed by atoms with van der Waals surface area (Å²) in [6.45, 7) is 3.10. The van der Waals surface area contributed by atoms with E-state index in [1.54, 1.807) is 24.4 Å². The molecule has 0 bridgehead atoms. The van der Waals surface area contributed by atoms with Crippen molar-refractivity contribution in [3.63, 3.8) is 0 Å². The second-order valence-corrected chi connectivity index (χ2v) is 10.9. The molecule has 0 unspecified atom stereocenters. The summed E-state index contributed by atoms with van der Waals surface area (Å²) in [5, 5.41) is 11.8. The van der Waals surface area contributed by atoms with Crippen molar-refractivity contribution in [1.82, 2.24) is 14.3 Å². The van der Waals surface area contributed by atoms with E-state index in [-0.39, 0.29) is 17.5 Å². The predicted octanol–water partition coefficient (Wildman–Crippen LogP) is 5.19.